The van der Waals surface area contributed by atoms with Gasteiger partial charge in [-0.2, -0.15) is 0 Å². The SMILES string of the molecule is CCCCCC(C)NC(C)Cc1ccc(F)cc1. The van der Waals surface area contributed by atoms with Gasteiger partial charge in [0.1, 0.15) is 5.82 Å². The van der Waals surface area contributed by atoms with Crippen molar-refractivity contribution in [1.29, 1.82) is 0 Å². The highest BCUT2D eigenvalue weighted by atomic mass is 19.1. The van der Waals surface area contributed by atoms with Gasteiger partial charge in [0.05, 0.1) is 0 Å². The Labute approximate surface area is 111 Å². The van der Waals surface area contributed by atoms with Crippen molar-refractivity contribution in [2.24, 2.45) is 0 Å². The number of hydrogen-bond acceptors (Lipinski definition) is 1. The second kappa shape index (κ2) is 8.25. The number of unbranched alkanes of at least 4 members (excludes halogenated alkanes) is 2. The molecule has 1 nitrogen and oxygen atoms in total. The normalized spacial score (nSPS) is 14.4. The minimum absolute atomic E-state index is 0.160. The summed E-state index contributed by atoms with van der Waals surface area (Å²) in [5.41, 5.74) is 1.19. The van der Waals surface area contributed by atoms with E-state index in [1.165, 1.54) is 43.4 Å². The predicted molar refractivity (Wildman–Crippen MR) is 76.3 cm³/mol. The zero-order valence-corrected chi connectivity index (χ0v) is 11.9. The first-order chi connectivity index (χ1) is 8.61. The molecule has 0 saturated heterocycles. The molecule has 0 heterocycles. The van der Waals surface area contributed by atoms with Crippen molar-refractivity contribution in [1.82, 2.24) is 5.32 Å². The smallest absolute Gasteiger partial charge is 0.123 e. The zero-order chi connectivity index (χ0) is 13.4. The molecule has 0 amide bonds. The number of rotatable bonds is 8. The van der Waals surface area contributed by atoms with E-state index in [4.69, 9.17) is 0 Å². The lowest BCUT2D eigenvalue weighted by Gasteiger charge is -2.20. The number of nitrogens with one attached hydrogen (secondary N) is 1. The van der Waals surface area contributed by atoms with Crippen LogP contribution in [-0.4, -0.2) is 12.1 Å². The molecule has 0 aliphatic rings. The van der Waals surface area contributed by atoms with Gasteiger partial charge >= 0.3 is 0 Å². The lowest BCUT2D eigenvalue weighted by molar-refractivity contribution is 0.430. The topological polar surface area (TPSA) is 12.0 Å². The van der Waals surface area contributed by atoms with Crippen LogP contribution < -0.4 is 5.32 Å². The number of halogens is 1. The first-order valence-corrected chi connectivity index (χ1v) is 7.12. The monoisotopic (exact) mass is 251 g/mol. The van der Waals surface area contributed by atoms with Crippen LogP contribution in [-0.2, 0) is 6.42 Å². The van der Waals surface area contributed by atoms with E-state index >= 15 is 0 Å². The zero-order valence-electron chi connectivity index (χ0n) is 11.9. The molecule has 0 aliphatic heterocycles. The maximum atomic E-state index is 12.8. The van der Waals surface area contributed by atoms with Crippen molar-refractivity contribution in [3.63, 3.8) is 0 Å². The first-order valence-electron chi connectivity index (χ1n) is 7.12. The standard InChI is InChI=1S/C16H26FN/c1-4-5-6-7-13(2)18-14(3)12-15-8-10-16(17)11-9-15/h8-11,13-14,18H,4-7,12H2,1-3H3. The van der Waals surface area contributed by atoms with Crippen LogP contribution in [0.4, 0.5) is 4.39 Å². The van der Waals surface area contributed by atoms with Crippen molar-refractivity contribution in [2.45, 2.75) is 65.0 Å². The highest BCUT2D eigenvalue weighted by Crippen LogP contribution is 2.08. The summed E-state index contributed by atoms with van der Waals surface area (Å²) in [4.78, 5) is 0. The van der Waals surface area contributed by atoms with Gasteiger partial charge in [-0.1, -0.05) is 38.3 Å². The quantitative estimate of drug-likeness (QED) is 0.679. The third-order valence-electron chi connectivity index (χ3n) is 3.26. The van der Waals surface area contributed by atoms with Crippen LogP contribution in [0.5, 0.6) is 0 Å². The molecule has 2 heteroatoms. The summed E-state index contributed by atoms with van der Waals surface area (Å²) < 4.78 is 12.8. The molecular weight excluding hydrogens is 225 g/mol. The van der Waals surface area contributed by atoms with Gasteiger partial charge in [0.15, 0.2) is 0 Å². The minimum Gasteiger partial charge on any atom is -0.311 e. The van der Waals surface area contributed by atoms with Gasteiger partial charge in [0.2, 0.25) is 0 Å². The molecule has 2 unspecified atom stereocenters. The molecule has 0 fully saturated rings. The van der Waals surface area contributed by atoms with Crippen LogP contribution in [0.1, 0.15) is 52.0 Å². The summed E-state index contributed by atoms with van der Waals surface area (Å²) in [6.07, 6.45) is 6.09. The van der Waals surface area contributed by atoms with E-state index in [1.807, 2.05) is 12.1 Å². The van der Waals surface area contributed by atoms with Crippen molar-refractivity contribution in [3.05, 3.63) is 35.6 Å². The second-order valence-electron chi connectivity index (χ2n) is 5.30. The third-order valence-corrected chi connectivity index (χ3v) is 3.26. The Morgan fingerprint density at radius 1 is 1.06 bits per heavy atom. The largest absolute Gasteiger partial charge is 0.311 e. The fraction of sp³-hybridized carbons (Fsp3) is 0.625. The Bertz CT molecular complexity index is 320. The molecule has 1 rings (SSSR count). The molecule has 0 spiro atoms. The maximum Gasteiger partial charge on any atom is 0.123 e. The van der Waals surface area contributed by atoms with E-state index in [2.05, 4.69) is 26.1 Å². The fourth-order valence-electron chi connectivity index (χ4n) is 2.30. The van der Waals surface area contributed by atoms with Gasteiger partial charge in [0, 0.05) is 12.1 Å². The fourth-order valence-corrected chi connectivity index (χ4v) is 2.30. The van der Waals surface area contributed by atoms with Gasteiger partial charge in [-0.3, -0.25) is 0 Å². The Morgan fingerprint density at radius 3 is 2.33 bits per heavy atom. The van der Waals surface area contributed by atoms with Gasteiger partial charge in [-0.15, -0.1) is 0 Å². The summed E-state index contributed by atoms with van der Waals surface area (Å²) in [7, 11) is 0. The van der Waals surface area contributed by atoms with Crippen molar-refractivity contribution < 1.29 is 4.39 Å². The van der Waals surface area contributed by atoms with E-state index in [0.717, 1.165) is 6.42 Å². The second-order valence-corrected chi connectivity index (χ2v) is 5.30. The third kappa shape index (κ3) is 6.15. The molecule has 0 bridgehead atoms. The molecule has 102 valence electrons. The first kappa shape index (κ1) is 15.2. The minimum atomic E-state index is -0.160. The van der Waals surface area contributed by atoms with Crippen LogP contribution in [0.15, 0.2) is 24.3 Å². The van der Waals surface area contributed by atoms with Gasteiger partial charge in [-0.05, 0) is 44.4 Å². The molecule has 2 atom stereocenters. The highest BCUT2D eigenvalue weighted by molar-refractivity contribution is 5.17. The lowest BCUT2D eigenvalue weighted by Crippen LogP contribution is -2.35. The summed E-state index contributed by atoms with van der Waals surface area (Å²) >= 11 is 0. The number of hydrogen-bond donors (Lipinski definition) is 1. The van der Waals surface area contributed by atoms with Crippen LogP contribution in [0, 0.1) is 5.82 Å². The molecule has 18 heavy (non-hydrogen) atoms. The van der Waals surface area contributed by atoms with Crippen molar-refractivity contribution in [2.75, 3.05) is 0 Å². The average molecular weight is 251 g/mol. The summed E-state index contributed by atoms with van der Waals surface area (Å²) in [5, 5.41) is 3.61. The van der Waals surface area contributed by atoms with Crippen LogP contribution >= 0.6 is 0 Å². The molecular formula is C16H26FN. The summed E-state index contributed by atoms with van der Waals surface area (Å²) in [6.45, 7) is 6.67. The maximum absolute atomic E-state index is 12.8. The highest BCUT2D eigenvalue weighted by Gasteiger charge is 2.07. The molecule has 1 aromatic carbocycles. The van der Waals surface area contributed by atoms with Crippen LogP contribution in [0.25, 0.3) is 0 Å². The van der Waals surface area contributed by atoms with Crippen molar-refractivity contribution in [3.8, 4) is 0 Å². The lowest BCUT2D eigenvalue weighted by atomic mass is 10.0. The van der Waals surface area contributed by atoms with E-state index in [0.29, 0.717) is 12.1 Å². The molecule has 0 aromatic heterocycles. The van der Waals surface area contributed by atoms with Crippen LogP contribution in [0.2, 0.25) is 0 Å². The Balaban J connectivity index is 2.27. The summed E-state index contributed by atoms with van der Waals surface area (Å²) in [5.74, 6) is -0.160. The van der Waals surface area contributed by atoms with Gasteiger partial charge < -0.3 is 5.32 Å². The molecule has 0 radical (unpaired) electrons. The molecule has 1 aromatic rings. The predicted octanol–water partition coefficient (Wildman–Crippen LogP) is 4.32. The number of benzene rings is 1. The molecule has 0 saturated carbocycles. The Hall–Kier alpha value is -0.890. The molecule has 0 aliphatic carbocycles. The van der Waals surface area contributed by atoms with Crippen molar-refractivity contribution >= 4 is 0 Å². The van der Waals surface area contributed by atoms with E-state index in [9.17, 15) is 4.39 Å². The van der Waals surface area contributed by atoms with Crippen LogP contribution in [0.3, 0.4) is 0 Å². The average Bonchev–Trinajstić information content (AvgIpc) is 2.32. The molecule has 1 N–H and O–H groups in total. The summed E-state index contributed by atoms with van der Waals surface area (Å²) in [6, 6.07) is 7.81. The van der Waals surface area contributed by atoms with Gasteiger partial charge in [-0.25, -0.2) is 4.39 Å². The van der Waals surface area contributed by atoms with E-state index in [1.54, 1.807) is 0 Å². The van der Waals surface area contributed by atoms with E-state index in [-0.39, 0.29) is 5.82 Å². The Morgan fingerprint density at radius 2 is 1.72 bits per heavy atom. The van der Waals surface area contributed by atoms with E-state index < -0.39 is 0 Å². The van der Waals surface area contributed by atoms with Gasteiger partial charge in [0.25, 0.3) is 0 Å². The Kier molecular flexibility index (Phi) is 6.96.